The quantitative estimate of drug-likeness (QED) is 0.912. The van der Waals surface area contributed by atoms with E-state index in [0.717, 1.165) is 19.1 Å². The van der Waals surface area contributed by atoms with Gasteiger partial charge in [0.25, 0.3) is 0 Å². The van der Waals surface area contributed by atoms with E-state index in [1.54, 1.807) is 11.1 Å². The maximum atomic E-state index is 3.33. The smallest absolute Gasteiger partial charge is 0.0237 e. The second-order valence-corrected chi connectivity index (χ2v) is 5.78. The molecule has 1 atom stereocenters. The summed E-state index contributed by atoms with van der Waals surface area (Å²) in [6.45, 7) is 3.54. The molecule has 1 aromatic carbocycles. The molecule has 1 fully saturated rings. The summed E-state index contributed by atoms with van der Waals surface area (Å²) in [6.07, 6.45) is 6.65. The minimum absolute atomic E-state index is 0. The third-order valence-electron chi connectivity index (χ3n) is 4.49. The summed E-state index contributed by atoms with van der Waals surface area (Å²) < 4.78 is 0. The standard InChI is InChI=1S/C16H24N2.ClH/c1-17-11-16-6-3-9-18(16)12-13-7-8-14-4-2-5-15(14)10-13;/h7-8,10,16-17H,2-6,9,11-12H2,1H3;1H. The number of halogens is 1. The Balaban J connectivity index is 0.00000133. The lowest BCUT2D eigenvalue weighted by molar-refractivity contribution is 0.242. The highest BCUT2D eigenvalue weighted by Crippen LogP contribution is 2.25. The van der Waals surface area contributed by atoms with Crippen molar-refractivity contribution in [3.8, 4) is 0 Å². The van der Waals surface area contributed by atoms with E-state index >= 15 is 0 Å². The minimum Gasteiger partial charge on any atom is -0.318 e. The number of nitrogens with one attached hydrogen (secondary N) is 1. The number of hydrogen-bond acceptors (Lipinski definition) is 2. The summed E-state index contributed by atoms with van der Waals surface area (Å²) in [4.78, 5) is 2.65. The largest absolute Gasteiger partial charge is 0.318 e. The molecule has 1 saturated heterocycles. The molecular formula is C16H25ClN2. The molecule has 1 aliphatic carbocycles. The molecule has 0 radical (unpaired) electrons. The molecule has 0 amide bonds. The van der Waals surface area contributed by atoms with Crippen LogP contribution in [0, 0.1) is 0 Å². The molecule has 106 valence electrons. The topological polar surface area (TPSA) is 15.3 Å². The van der Waals surface area contributed by atoms with Crippen LogP contribution in [-0.2, 0) is 19.4 Å². The van der Waals surface area contributed by atoms with E-state index in [1.807, 2.05) is 0 Å². The van der Waals surface area contributed by atoms with E-state index in [-0.39, 0.29) is 12.4 Å². The number of likely N-dealkylation sites (N-methyl/N-ethyl adjacent to an activating group) is 1. The lowest BCUT2D eigenvalue weighted by Gasteiger charge is -2.24. The summed E-state index contributed by atoms with van der Waals surface area (Å²) in [5.41, 5.74) is 4.71. The Morgan fingerprint density at radius 1 is 1.21 bits per heavy atom. The minimum atomic E-state index is 0. The predicted molar refractivity (Wildman–Crippen MR) is 83.1 cm³/mol. The van der Waals surface area contributed by atoms with Gasteiger partial charge in [-0.15, -0.1) is 12.4 Å². The number of nitrogens with zero attached hydrogens (tertiary/aromatic N) is 1. The molecule has 1 aliphatic heterocycles. The Morgan fingerprint density at radius 2 is 2.05 bits per heavy atom. The van der Waals surface area contributed by atoms with E-state index in [2.05, 4.69) is 35.5 Å². The van der Waals surface area contributed by atoms with E-state index in [0.29, 0.717) is 0 Å². The number of aryl methyl sites for hydroxylation is 2. The zero-order valence-corrected chi connectivity index (χ0v) is 12.6. The van der Waals surface area contributed by atoms with Gasteiger partial charge in [-0.2, -0.15) is 0 Å². The molecule has 3 heteroatoms. The molecule has 19 heavy (non-hydrogen) atoms. The zero-order chi connectivity index (χ0) is 12.4. The number of fused-ring (bicyclic) bond motifs is 1. The molecule has 0 aromatic heterocycles. The first-order valence-electron chi connectivity index (χ1n) is 7.36. The summed E-state index contributed by atoms with van der Waals surface area (Å²) in [6, 6.07) is 7.90. The van der Waals surface area contributed by atoms with Crippen LogP contribution in [0.25, 0.3) is 0 Å². The first-order valence-corrected chi connectivity index (χ1v) is 7.36. The lowest BCUT2D eigenvalue weighted by atomic mass is 10.1. The maximum absolute atomic E-state index is 3.33. The van der Waals surface area contributed by atoms with Crippen molar-refractivity contribution >= 4 is 12.4 Å². The van der Waals surface area contributed by atoms with Gasteiger partial charge in [-0.05, 0) is 62.4 Å². The molecule has 0 bridgehead atoms. The van der Waals surface area contributed by atoms with Gasteiger partial charge in [0, 0.05) is 19.1 Å². The number of likely N-dealkylation sites (tertiary alicyclic amines) is 1. The summed E-state index contributed by atoms with van der Waals surface area (Å²) in [5, 5.41) is 3.33. The summed E-state index contributed by atoms with van der Waals surface area (Å²) >= 11 is 0. The second-order valence-electron chi connectivity index (χ2n) is 5.78. The molecule has 2 aliphatic rings. The van der Waals surface area contributed by atoms with Gasteiger partial charge in [0.15, 0.2) is 0 Å². The van der Waals surface area contributed by atoms with Crippen molar-refractivity contribution in [1.82, 2.24) is 10.2 Å². The van der Waals surface area contributed by atoms with Gasteiger partial charge in [0.1, 0.15) is 0 Å². The predicted octanol–water partition coefficient (Wildman–Crippen LogP) is 2.78. The Morgan fingerprint density at radius 3 is 2.89 bits per heavy atom. The summed E-state index contributed by atoms with van der Waals surface area (Å²) in [5.74, 6) is 0. The number of rotatable bonds is 4. The number of benzene rings is 1. The van der Waals surface area contributed by atoms with Gasteiger partial charge in [-0.1, -0.05) is 18.2 Å². The van der Waals surface area contributed by atoms with E-state index in [9.17, 15) is 0 Å². The van der Waals surface area contributed by atoms with Crippen LogP contribution in [0.15, 0.2) is 18.2 Å². The van der Waals surface area contributed by atoms with Crippen molar-refractivity contribution in [2.45, 2.75) is 44.7 Å². The van der Waals surface area contributed by atoms with Gasteiger partial charge in [-0.25, -0.2) is 0 Å². The molecular weight excluding hydrogens is 256 g/mol. The number of hydrogen-bond donors (Lipinski definition) is 1. The van der Waals surface area contributed by atoms with Crippen molar-refractivity contribution < 1.29 is 0 Å². The first-order chi connectivity index (χ1) is 8.86. The zero-order valence-electron chi connectivity index (χ0n) is 11.8. The molecule has 0 saturated carbocycles. The van der Waals surface area contributed by atoms with Crippen LogP contribution in [0.3, 0.4) is 0 Å². The average Bonchev–Trinajstić information content (AvgIpc) is 2.99. The van der Waals surface area contributed by atoms with Crippen molar-refractivity contribution in [3.63, 3.8) is 0 Å². The van der Waals surface area contributed by atoms with Crippen LogP contribution < -0.4 is 5.32 Å². The van der Waals surface area contributed by atoms with E-state index in [4.69, 9.17) is 0 Å². The van der Waals surface area contributed by atoms with Crippen LogP contribution in [0.4, 0.5) is 0 Å². The molecule has 3 rings (SSSR count). The highest BCUT2D eigenvalue weighted by atomic mass is 35.5. The third-order valence-corrected chi connectivity index (χ3v) is 4.49. The van der Waals surface area contributed by atoms with Crippen LogP contribution in [0.1, 0.15) is 36.0 Å². The first kappa shape index (κ1) is 14.8. The third kappa shape index (κ3) is 3.31. The van der Waals surface area contributed by atoms with Crippen molar-refractivity contribution in [2.24, 2.45) is 0 Å². The van der Waals surface area contributed by atoms with Crippen molar-refractivity contribution in [1.29, 1.82) is 0 Å². The molecule has 1 unspecified atom stereocenters. The van der Waals surface area contributed by atoms with E-state index < -0.39 is 0 Å². The van der Waals surface area contributed by atoms with Gasteiger partial charge in [0.2, 0.25) is 0 Å². The molecule has 1 aromatic rings. The van der Waals surface area contributed by atoms with Crippen molar-refractivity contribution in [2.75, 3.05) is 20.1 Å². The fraction of sp³-hybridized carbons (Fsp3) is 0.625. The van der Waals surface area contributed by atoms with Crippen LogP contribution >= 0.6 is 12.4 Å². The molecule has 1 N–H and O–H groups in total. The van der Waals surface area contributed by atoms with Gasteiger partial charge >= 0.3 is 0 Å². The fourth-order valence-corrected chi connectivity index (χ4v) is 3.53. The fourth-order valence-electron chi connectivity index (χ4n) is 3.53. The van der Waals surface area contributed by atoms with Gasteiger partial charge in [0.05, 0.1) is 0 Å². The lowest BCUT2D eigenvalue weighted by Crippen LogP contribution is -2.36. The van der Waals surface area contributed by atoms with Crippen LogP contribution in [-0.4, -0.2) is 31.1 Å². The monoisotopic (exact) mass is 280 g/mol. The van der Waals surface area contributed by atoms with Gasteiger partial charge < -0.3 is 5.32 Å². The highest BCUT2D eigenvalue weighted by molar-refractivity contribution is 5.85. The molecule has 0 spiro atoms. The summed E-state index contributed by atoms with van der Waals surface area (Å²) in [7, 11) is 2.06. The molecule has 2 nitrogen and oxygen atoms in total. The normalized spacial score (nSPS) is 22.3. The van der Waals surface area contributed by atoms with Crippen molar-refractivity contribution in [3.05, 3.63) is 34.9 Å². The Kier molecular flexibility index (Phi) is 5.26. The second kappa shape index (κ2) is 6.74. The SMILES string of the molecule is CNCC1CCCN1Cc1ccc2c(c1)CCC2.Cl. The molecule has 1 heterocycles. The van der Waals surface area contributed by atoms with Crippen LogP contribution in [0.5, 0.6) is 0 Å². The Bertz CT molecular complexity index is 419. The Hall–Kier alpha value is -0.570. The maximum Gasteiger partial charge on any atom is 0.0237 e. The van der Waals surface area contributed by atoms with E-state index in [1.165, 1.54) is 44.2 Å². The Labute approximate surface area is 123 Å². The highest BCUT2D eigenvalue weighted by Gasteiger charge is 2.23. The van der Waals surface area contributed by atoms with Crippen LogP contribution in [0.2, 0.25) is 0 Å². The van der Waals surface area contributed by atoms with Gasteiger partial charge in [-0.3, -0.25) is 4.90 Å². The average molecular weight is 281 g/mol.